The first-order valence-corrected chi connectivity index (χ1v) is 9.42. The van der Waals surface area contributed by atoms with Gasteiger partial charge in [-0.1, -0.05) is 18.2 Å². The number of rotatable bonds is 6. The van der Waals surface area contributed by atoms with Crippen molar-refractivity contribution in [3.8, 4) is 5.75 Å². The number of likely N-dealkylation sites (tertiary alicyclic amines) is 1. The van der Waals surface area contributed by atoms with Crippen molar-refractivity contribution < 1.29 is 23.9 Å². The lowest BCUT2D eigenvalue weighted by atomic mass is 10.2. The van der Waals surface area contributed by atoms with Crippen LogP contribution >= 0.6 is 11.3 Å². The second-order valence-electron chi connectivity index (χ2n) is 5.99. The van der Waals surface area contributed by atoms with E-state index in [2.05, 4.69) is 5.32 Å². The van der Waals surface area contributed by atoms with Gasteiger partial charge in [0.25, 0.3) is 11.8 Å². The fourth-order valence-corrected chi connectivity index (χ4v) is 3.64. The molecular weight excluding hydrogens is 368 g/mol. The molecule has 3 rings (SSSR count). The number of benzene rings is 1. The maximum absolute atomic E-state index is 12.5. The number of esters is 1. The van der Waals surface area contributed by atoms with E-state index in [1.54, 1.807) is 36.4 Å². The highest BCUT2D eigenvalue weighted by atomic mass is 32.1. The Morgan fingerprint density at radius 2 is 2.04 bits per heavy atom. The van der Waals surface area contributed by atoms with E-state index in [-0.39, 0.29) is 5.91 Å². The first kappa shape index (κ1) is 18.9. The standard InChI is InChI=1S/C19H20N2O5S/c1-25-15-8-3-2-6-13(15)20-17(22)12-26-19(24)14-7-4-10-21(14)18(23)16-9-5-11-27-16/h2-3,5-6,8-9,11,14H,4,7,10,12H2,1H3,(H,20,22)/t14-/m0/s1. The van der Waals surface area contributed by atoms with Crippen molar-refractivity contribution in [3.63, 3.8) is 0 Å². The molecule has 0 unspecified atom stereocenters. The van der Waals surface area contributed by atoms with Gasteiger partial charge in [0.15, 0.2) is 6.61 Å². The first-order valence-electron chi connectivity index (χ1n) is 8.54. The monoisotopic (exact) mass is 388 g/mol. The van der Waals surface area contributed by atoms with Gasteiger partial charge in [0.1, 0.15) is 11.8 Å². The molecule has 1 N–H and O–H groups in total. The van der Waals surface area contributed by atoms with Gasteiger partial charge < -0.3 is 19.7 Å². The normalized spacial score (nSPS) is 16.0. The quantitative estimate of drug-likeness (QED) is 0.769. The van der Waals surface area contributed by atoms with Crippen LogP contribution in [-0.2, 0) is 14.3 Å². The second kappa shape index (κ2) is 8.68. The molecule has 0 radical (unpaired) electrons. The van der Waals surface area contributed by atoms with E-state index in [9.17, 15) is 14.4 Å². The lowest BCUT2D eigenvalue weighted by Gasteiger charge is -2.22. The maximum Gasteiger partial charge on any atom is 0.329 e. The third-order valence-electron chi connectivity index (χ3n) is 4.24. The van der Waals surface area contributed by atoms with Crippen molar-refractivity contribution in [1.29, 1.82) is 0 Å². The second-order valence-corrected chi connectivity index (χ2v) is 6.94. The van der Waals surface area contributed by atoms with Crippen molar-refractivity contribution in [3.05, 3.63) is 46.7 Å². The maximum atomic E-state index is 12.5. The van der Waals surface area contributed by atoms with Gasteiger partial charge in [-0.25, -0.2) is 4.79 Å². The average Bonchev–Trinajstić information content (AvgIpc) is 3.38. The number of carbonyl (C=O) groups is 3. The van der Waals surface area contributed by atoms with Crippen LogP contribution in [0.4, 0.5) is 5.69 Å². The number of amides is 2. The smallest absolute Gasteiger partial charge is 0.329 e. The number of nitrogens with one attached hydrogen (secondary N) is 1. The highest BCUT2D eigenvalue weighted by Crippen LogP contribution is 2.24. The zero-order chi connectivity index (χ0) is 19.2. The summed E-state index contributed by atoms with van der Waals surface area (Å²) in [5.41, 5.74) is 0.497. The summed E-state index contributed by atoms with van der Waals surface area (Å²) in [6, 6.07) is 9.83. The Balaban J connectivity index is 1.55. The zero-order valence-corrected chi connectivity index (χ0v) is 15.7. The van der Waals surface area contributed by atoms with Crippen LogP contribution in [-0.4, -0.2) is 49.0 Å². The summed E-state index contributed by atoms with van der Waals surface area (Å²) < 4.78 is 10.3. The van der Waals surface area contributed by atoms with Gasteiger partial charge in [0.05, 0.1) is 17.7 Å². The molecule has 27 heavy (non-hydrogen) atoms. The van der Waals surface area contributed by atoms with Crippen LogP contribution in [0, 0.1) is 0 Å². The summed E-state index contributed by atoms with van der Waals surface area (Å²) in [7, 11) is 1.50. The van der Waals surface area contributed by atoms with Gasteiger partial charge in [-0.3, -0.25) is 9.59 Å². The molecule has 2 heterocycles. The first-order chi connectivity index (χ1) is 13.1. The van der Waals surface area contributed by atoms with E-state index in [0.717, 1.165) is 6.42 Å². The average molecular weight is 388 g/mol. The molecule has 1 aliphatic rings. The molecule has 1 fully saturated rings. The minimum absolute atomic E-state index is 0.178. The van der Waals surface area contributed by atoms with Crippen molar-refractivity contribution in [2.24, 2.45) is 0 Å². The predicted octanol–water partition coefficient (Wildman–Crippen LogP) is 2.54. The lowest BCUT2D eigenvalue weighted by Crippen LogP contribution is -2.41. The van der Waals surface area contributed by atoms with Gasteiger partial charge in [0, 0.05) is 6.54 Å². The number of carbonyl (C=O) groups excluding carboxylic acids is 3. The van der Waals surface area contributed by atoms with E-state index >= 15 is 0 Å². The number of hydrogen-bond donors (Lipinski definition) is 1. The largest absolute Gasteiger partial charge is 0.495 e. The molecule has 0 saturated carbocycles. The fourth-order valence-electron chi connectivity index (χ4n) is 2.96. The molecule has 142 valence electrons. The van der Waals surface area contributed by atoms with Gasteiger partial charge >= 0.3 is 5.97 Å². The molecule has 2 amide bonds. The van der Waals surface area contributed by atoms with Crippen molar-refractivity contribution >= 4 is 34.8 Å². The van der Waals surface area contributed by atoms with Crippen LogP contribution < -0.4 is 10.1 Å². The van der Waals surface area contributed by atoms with E-state index in [4.69, 9.17) is 9.47 Å². The number of anilines is 1. The number of hydrogen-bond acceptors (Lipinski definition) is 6. The molecule has 0 aliphatic carbocycles. The SMILES string of the molecule is COc1ccccc1NC(=O)COC(=O)[C@@H]1CCCN1C(=O)c1cccs1. The van der Waals surface area contributed by atoms with Crippen LogP contribution in [0.3, 0.4) is 0 Å². The predicted molar refractivity (Wildman–Crippen MR) is 101 cm³/mol. The molecule has 1 aromatic heterocycles. The summed E-state index contributed by atoms with van der Waals surface area (Å²) in [6.45, 7) is 0.0817. The fraction of sp³-hybridized carbons (Fsp3) is 0.316. The third-order valence-corrected chi connectivity index (χ3v) is 5.10. The van der Waals surface area contributed by atoms with E-state index in [1.165, 1.54) is 23.3 Å². The molecule has 0 bridgehead atoms. The number of methoxy groups -OCH3 is 1. The lowest BCUT2D eigenvalue weighted by molar-refractivity contribution is -0.151. The van der Waals surface area contributed by atoms with Crippen LogP contribution in [0.25, 0.3) is 0 Å². The highest BCUT2D eigenvalue weighted by Gasteiger charge is 2.36. The minimum atomic E-state index is -0.654. The molecule has 2 aromatic rings. The summed E-state index contributed by atoms with van der Waals surface area (Å²) >= 11 is 1.34. The van der Waals surface area contributed by atoms with Crippen LogP contribution in [0.15, 0.2) is 41.8 Å². The Morgan fingerprint density at radius 1 is 1.22 bits per heavy atom. The van der Waals surface area contributed by atoms with E-state index in [1.807, 2.05) is 5.38 Å². The molecule has 1 atom stereocenters. The third kappa shape index (κ3) is 4.46. The Bertz CT molecular complexity index is 821. The number of nitrogens with zero attached hydrogens (tertiary/aromatic N) is 1. The Kier molecular flexibility index (Phi) is 6.08. The van der Waals surface area contributed by atoms with Gasteiger partial charge in [-0.2, -0.15) is 0 Å². The molecule has 7 nitrogen and oxygen atoms in total. The molecular formula is C19H20N2O5S. The highest BCUT2D eigenvalue weighted by molar-refractivity contribution is 7.12. The number of ether oxygens (including phenoxy) is 2. The van der Waals surface area contributed by atoms with E-state index < -0.39 is 24.5 Å². The summed E-state index contributed by atoms with van der Waals surface area (Å²) in [4.78, 5) is 39.1. The zero-order valence-electron chi connectivity index (χ0n) is 14.8. The van der Waals surface area contributed by atoms with Gasteiger partial charge in [-0.15, -0.1) is 11.3 Å². The van der Waals surface area contributed by atoms with Gasteiger partial charge in [-0.05, 0) is 36.4 Å². The Labute approximate surface area is 160 Å². The van der Waals surface area contributed by atoms with Crippen molar-refractivity contribution in [2.45, 2.75) is 18.9 Å². The Hall–Kier alpha value is -2.87. The van der Waals surface area contributed by atoms with Crippen molar-refractivity contribution in [2.75, 3.05) is 25.6 Å². The van der Waals surface area contributed by atoms with Crippen LogP contribution in [0.2, 0.25) is 0 Å². The molecule has 1 aliphatic heterocycles. The minimum Gasteiger partial charge on any atom is -0.495 e. The summed E-state index contributed by atoms with van der Waals surface area (Å²) in [6.07, 6.45) is 1.26. The molecule has 1 saturated heterocycles. The molecule has 1 aromatic carbocycles. The number of thiophene rings is 1. The molecule has 0 spiro atoms. The summed E-state index contributed by atoms with van der Waals surface area (Å²) in [5.74, 6) is -0.696. The van der Waals surface area contributed by atoms with Crippen LogP contribution in [0.5, 0.6) is 5.75 Å². The number of para-hydroxylation sites is 2. The summed E-state index contributed by atoms with van der Waals surface area (Å²) in [5, 5.41) is 4.46. The topological polar surface area (TPSA) is 84.9 Å². The van der Waals surface area contributed by atoms with E-state index in [0.29, 0.717) is 29.3 Å². The van der Waals surface area contributed by atoms with Gasteiger partial charge in [0.2, 0.25) is 0 Å². The Morgan fingerprint density at radius 3 is 2.78 bits per heavy atom. The van der Waals surface area contributed by atoms with Crippen LogP contribution in [0.1, 0.15) is 22.5 Å². The molecule has 8 heteroatoms. The van der Waals surface area contributed by atoms with Crippen molar-refractivity contribution in [1.82, 2.24) is 4.90 Å².